The van der Waals surface area contributed by atoms with Crippen molar-refractivity contribution < 1.29 is 9.53 Å². The summed E-state index contributed by atoms with van der Waals surface area (Å²) in [5, 5.41) is 4.11. The van der Waals surface area contributed by atoms with Crippen LogP contribution in [0.3, 0.4) is 0 Å². The van der Waals surface area contributed by atoms with E-state index in [-0.39, 0.29) is 11.4 Å². The molecule has 1 saturated heterocycles. The highest BCUT2D eigenvalue weighted by molar-refractivity contribution is 7.18. The van der Waals surface area contributed by atoms with Gasteiger partial charge in [0.2, 0.25) is 5.91 Å². The molecule has 1 aromatic carbocycles. The summed E-state index contributed by atoms with van der Waals surface area (Å²) in [6.45, 7) is 8.40. The van der Waals surface area contributed by atoms with Crippen molar-refractivity contribution in [3.63, 3.8) is 0 Å². The molecular weight excluding hydrogens is 322 g/mol. The van der Waals surface area contributed by atoms with Crippen LogP contribution in [0, 0.1) is 0 Å². The summed E-state index contributed by atoms with van der Waals surface area (Å²) >= 11 is 1.67. The number of aromatic nitrogens is 1. The van der Waals surface area contributed by atoms with Gasteiger partial charge in [-0.15, -0.1) is 11.3 Å². The lowest BCUT2D eigenvalue weighted by molar-refractivity contribution is -0.121. The van der Waals surface area contributed by atoms with E-state index >= 15 is 0 Å². The highest BCUT2D eigenvalue weighted by Gasteiger charge is 2.28. The van der Waals surface area contributed by atoms with Gasteiger partial charge in [-0.1, -0.05) is 12.1 Å². The molecule has 0 aliphatic carbocycles. The first-order valence-corrected chi connectivity index (χ1v) is 9.30. The highest BCUT2D eigenvalue weighted by atomic mass is 32.1. The number of amides is 1. The van der Waals surface area contributed by atoms with E-state index in [1.807, 2.05) is 18.2 Å². The third-order valence-electron chi connectivity index (χ3n) is 4.49. The van der Waals surface area contributed by atoms with Crippen molar-refractivity contribution in [1.82, 2.24) is 15.2 Å². The summed E-state index contributed by atoms with van der Waals surface area (Å²) in [6.07, 6.45) is 1.18. The molecule has 24 heavy (non-hydrogen) atoms. The van der Waals surface area contributed by atoms with Crippen molar-refractivity contribution in [1.29, 1.82) is 0 Å². The molecule has 1 amide bonds. The molecule has 1 fully saturated rings. The number of para-hydroxylation sites is 1. The van der Waals surface area contributed by atoms with Crippen LogP contribution in [0.15, 0.2) is 24.3 Å². The third kappa shape index (κ3) is 4.32. The SMILES string of the molecule is CC(C)(CNC(=O)CCc1nc2ccccc2s1)N1CCOCC1. The summed E-state index contributed by atoms with van der Waals surface area (Å²) < 4.78 is 6.58. The molecule has 0 unspecified atom stereocenters. The molecule has 0 atom stereocenters. The molecule has 0 saturated carbocycles. The van der Waals surface area contributed by atoms with E-state index in [0.29, 0.717) is 19.4 Å². The number of carbonyl (C=O) groups is 1. The number of aryl methyl sites for hydroxylation is 1. The number of rotatable bonds is 6. The van der Waals surface area contributed by atoms with E-state index in [1.165, 1.54) is 4.70 Å². The summed E-state index contributed by atoms with van der Waals surface area (Å²) in [6, 6.07) is 8.10. The predicted octanol–water partition coefficient (Wildman–Crippen LogP) is 2.46. The molecule has 1 aliphatic heterocycles. The number of benzene rings is 1. The van der Waals surface area contributed by atoms with Crippen LogP contribution in [0.4, 0.5) is 0 Å². The average Bonchev–Trinajstić information content (AvgIpc) is 3.02. The van der Waals surface area contributed by atoms with Gasteiger partial charge in [-0.2, -0.15) is 0 Å². The largest absolute Gasteiger partial charge is 0.379 e. The monoisotopic (exact) mass is 347 g/mol. The van der Waals surface area contributed by atoms with E-state index in [2.05, 4.69) is 35.1 Å². The molecule has 2 aromatic rings. The second-order valence-corrected chi connectivity index (χ2v) is 7.88. The minimum atomic E-state index is -0.0463. The smallest absolute Gasteiger partial charge is 0.220 e. The summed E-state index contributed by atoms with van der Waals surface area (Å²) in [4.78, 5) is 19.1. The summed E-state index contributed by atoms with van der Waals surface area (Å²) in [5.41, 5.74) is 0.973. The lowest BCUT2D eigenvalue weighted by atomic mass is 10.0. The fourth-order valence-corrected chi connectivity index (χ4v) is 3.90. The second kappa shape index (κ2) is 7.59. The number of thiazole rings is 1. The lowest BCUT2D eigenvalue weighted by Crippen LogP contribution is -2.55. The molecule has 0 radical (unpaired) electrons. The Bertz CT molecular complexity index is 659. The van der Waals surface area contributed by atoms with Crippen molar-refractivity contribution in [2.24, 2.45) is 0 Å². The molecule has 1 aliphatic rings. The summed E-state index contributed by atoms with van der Waals surface area (Å²) in [5.74, 6) is 0.0931. The first-order chi connectivity index (χ1) is 11.5. The molecule has 0 bridgehead atoms. The van der Waals surface area contributed by atoms with E-state index in [0.717, 1.165) is 36.8 Å². The zero-order valence-corrected chi connectivity index (χ0v) is 15.2. The number of nitrogens with zero attached hydrogens (tertiary/aromatic N) is 2. The van der Waals surface area contributed by atoms with E-state index in [9.17, 15) is 4.79 Å². The Morgan fingerprint density at radius 2 is 2.08 bits per heavy atom. The van der Waals surface area contributed by atoms with Gasteiger partial charge >= 0.3 is 0 Å². The van der Waals surface area contributed by atoms with E-state index in [1.54, 1.807) is 11.3 Å². The van der Waals surface area contributed by atoms with Gasteiger partial charge in [0.1, 0.15) is 0 Å². The number of ether oxygens (including phenoxy) is 1. The Morgan fingerprint density at radius 3 is 2.83 bits per heavy atom. The zero-order valence-electron chi connectivity index (χ0n) is 14.4. The Morgan fingerprint density at radius 1 is 1.33 bits per heavy atom. The van der Waals surface area contributed by atoms with Crippen LogP contribution in [0.2, 0.25) is 0 Å². The highest BCUT2D eigenvalue weighted by Crippen LogP contribution is 2.22. The van der Waals surface area contributed by atoms with Gasteiger partial charge in [0, 0.05) is 38.0 Å². The number of hydrogen-bond donors (Lipinski definition) is 1. The van der Waals surface area contributed by atoms with Crippen LogP contribution in [0.5, 0.6) is 0 Å². The molecular formula is C18H25N3O2S. The van der Waals surface area contributed by atoms with Crippen molar-refractivity contribution in [2.75, 3.05) is 32.8 Å². The topological polar surface area (TPSA) is 54.5 Å². The van der Waals surface area contributed by atoms with E-state index < -0.39 is 0 Å². The predicted molar refractivity (Wildman–Crippen MR) is 97.4 cm³/mol. The van der Waals surface area contributed by atoms with Gasteiger partial charge in [-0.3, -0.25) is 9.69 Å². The molecule has 6 heteroatoms. The number of fused-ring (bicyclic) bond motifs is 1. The summed E-state index contributed by atoms with van der Waals surface area (Å²) in [7, 11) is 0. The van der Waals surface area contributed by atoms with Gasteiger partial charge in [-0.05, 0) is 26.0 Å². The zero-order chi connectivity index (χ0) is 17.0. The fourth-order valence-electron chi connectivity index (χ4n) is 2.93. The van der Waals surface area contributed by atoms with Gasteiger partial charge in [-0.25, -0.2) is 4.98 Å². The minimum absolute atomic E-state index is 0.0463. The molecule has 1 aromatic heterocycles. The molecule has 2 heterocycles. The van der Waals surface area contributed by atoms with Crippen molar-refractivity contribution >= 4 is 27.5 Å². The van der Waals surface area contributed by atoms with Crippen molar-refractivity contribution in [3.05, 3.63) is 29.3 Å². The van der Waals surface area contributed by atoms with Crippen LogP contribution in [0.1, 0.15) is 25.3 Å². The molecule has 130 valence electrons. The quantitative estimate of drug-likeness (QED) is 0.872. The van der Waals surface area contributed by atoms with Crippen molar-refractivity contribution in [3.8, 4) is 0 Å². The Kier molecular flexibility index (Phi) is 5.48. The average molecular weight is 347 g/mol. The third-order valence-corrected chi connectivity index (χ3v) is 5.59. The molecule has 1 N–H and O–H groups in total. The first-order valence-electron chi connectivity index (χ1n) is 8.48. The van der Waals surface area contributed by atoms with Gasteiger partial charge in [0.15, 0.2) is 0 Å². The maximum atomic E-state index is 12.2. The standard InChI is InChI=1S/C18H25N3O2S/c1-18(2,21-9-11-23-12-10-21)13-19-16(22)7-8-17-20-14-5-3-4-6-15(14)24-17/h3-6H,7-13H2,1-2H3,(H,19,22). The van der Waals surface area contributed by atoms with E-state index in [4.69, 9.17) is 4.74 Å². The Labute approximate surface area is 147 Å². The van der Waals surface area contributed by atoms with Crippen molar-refractivity contribution in [2.45, 2.75) is 32.2 Å². The fraction of sp³-hybridized carbons (Fsp3) is 0.556. The maximum Gasteiger partial charge on any atom is 0.220 e. The first kappa shape index (κ1) is 17.3. The number of hydrogen-bond acceptors (Lipinski definition) is 5. The van der Waals surface area contributed by atoms with Crippen LogP contribution in [0.25, 0.3) is 10.2 Å². The normalized spacial score (nSPS) is 16.4. The van der Waals surface area contributed by atoms with Crippen LogP contribution >= 0.6 is 11.3 Å². The van der Waals surface area contributed by atoms with Gasteiger partial charge in [0.25, 0.3) is 0 Å². The number of morpholine rings is 1. The maximum absolute atomic E-state index is 12.2. The molecule has 0 spiro atoms. The van der Waals surface area contributed by atoms with Gasteiger partial charge in [0.05, 0.1) is 28.4 Å². The number of nitrogens with one attached hydrogen (secondary N) is 1. The van der Waals surface area contributed by atoms with Crippen LogP contribution in [-0.2, 0) is 16.0 Å². The molecule has 3 rings (SSSR count). The Hall–Kier alpha value is -1.50. The Balaban J connectivity index is 1.46. The van der Waals surface area contributed by atoms with Crippen LogP contribution < -0.4 is 5.32 Å². The number of carbonyl (C=O) groups excluding carboxylic acids is 1. The lowest BCUT2D eigenvalue weighted by Gasteiger charge is -2.40. The van der Waals surface area contributed by atoms with Crippen LogP contribution in [-0.4, -0.2) is 54.2 Å². The minimum Gasteiger partial charge on any atom is -0.379 e. The second-order valence-electron chi connectivity index (χ2n) is 6.76. The molecule has 5 nitrogen and oxygen atoms in total. The van der Waals surface area contributed by atoms with Gasteiger partial charge < -0.3 is 10.1 Å².